The number of amides is 2. The summed E-state index contributed by atoms with van der Waals surface area (Å²) in [6.45, 7) is 3.56. The van der Waals surface area contributed by atoms with Crippen LogP contribution < -0.4 is 21.3 Å². The first-order valence-electron chi connectivity index (χ1n) is 11.0. The standard InChI is InChI=1S/C24H26ClN5O2/c1-24(9-10-24)30-22(32)16-3-2-4-19(20(16)25)28-18-8-7-15(13-17(18)14-5-6-14)21(31)29-23-26-11-12-27-23/h2-4,7-8,13-14,28H,5-6,9-12H2,1H3,(H,30,32)(H2,26,27,29,31). The van der Waals surface area contributed by atoms with E-state index in [1.807, 2.05) is 31.2 Å². The van der Waals surface area contributed by atoms with Crippen molar-refractivity contribution in [1.29, 1.82) is 0 Å². The molecular weight excluding hydrogens is 426 g/mol. The van der Waals surface area contributed by atoms with Crippen molar-refractivity contribution in [2.24, 2.45) is 4.99 Å². The SMILES string of the molecule is CC1(NC(=O)c2cccc(Nc3ccc(C(=O)N=C4NCCN4)cc3C3CC3)c2Cl)CC1. The van der Waals surface area contributed by atoms with Gasteiger partial charge in [-0.3, -0.25) is 9.59 Å². The van der Waals surface area contributed by atoms with Crippen LogP contribution in [0.5, 0.6) is 0 Å². The molecule has 8 heteroatoms. The lowest BCUT2D eigenvalue weighted by molar-refractivity contribution is 0.0934. The van der Waals surface area contributed by atoms with E-state index in [1.54, 1.807) is 12.1 Å². The zero-order valence-electron chi connectivity index (χ0n) is 17.9. The molecule has 0 spiro atoms. The number of hydrogen-bond donors (Lipinski definition) is 4. The van der Waals surface area contributed by atoms with Gasteiger partial charge in [0, 0.05) is 29.9 Å². The van der Waals surface area contributed by atoms with Gasteiger partial charge in [-0.25, -0.2) is 0 Å². The molecule has 2 amide bonds. The van der Waals surface area contributed by atoms with Crippen LogP contribution in [0.25, 0.3) is 0 Å². The smallest absolute Gasteiger partial charge is 0.280 e. The van der Waals surface area contributed by atoms with Crippen LogP contribution >= 0.6 is 11.6 Å². The third-order valence-electron chi connectivity index (χ3n) is 6.17. The summed E-state index contributed by atoms with van der Waals surface area (Å²) in [6.07, 6.45) is 4.14. The van der Waals surface area contributed by atoms with Gasteiger partial charge >= 0.3 is 0 Å². The van der Waals surface area contributed by atoms with Crippen molar-refractivity contribution in [3.05, 3.63) is 58.1 Å². The van der Waals surface area contributed by atoms with Crippen LogP contribution in [0.4, 0.5) is 11.4 Å². The van der Waals surface area contributed by atoms with Gasteiger partial charge in [0.1, 0.15) is 0 Å². The van der Waals surface area contributed by atoms with Crippen molar-refractivity contribution in [3.63, 3.8) is 0 Å². The zero-order chi connectivity index (χ0) is 22.3. The number of anilines is 2. The second-order valence-corrected chi connectivity index (χ2v) is 9.38. The number of carbonyl (C=O) groups excluding carboxylic acids is 2. The van der Waals surface area contributed by atoms with Gasteiger partial charge < -0.3 is 21.3 Å². The summed E-state index contributed by atoms with van der Waals surface area (Å²) in [6, 6.07) is 11.0. The molecular formula is C24H26ClN5O2. The first kappa shape index (κ1) is 20.8. The minimum Gasteiger partial charge on any atom is -0.354 e. The number of halogens is 1. The average molecular weight is 452 g/mol. The predicted octanol–water partition coefficient (Wildman–Crippen LogP) is 3.93. The molecule has 2 aromatic carbocycles. The number of nitrogens with one attached hydrogen (secondary N) is 4. The van der Waals surface area contributed by atoms with Gasteiger partial charge in [-0.15, -0.1) is 0 Å². The Balaban J connectivity index is 1.39. The third-order valence-corrected chi connectivity index (χ3v) is 6.57. The molecule has 1 aliphatic heterocycles. The van der Waals surface area contributed by atoms with E-state index in [-0.39, 0.29) is 17.4 Å². The number of rotatable bonds is 6. The number of nitrogens with zero attached hydrogens (tertiary/aromatic N) is 1. The normalized spacial score (nSPS) is 18.4. The highest BCUT2D eigenvalue weighted by molar-refractivity contribution is 6.36. The van der Waals surface area contributed by atoms with E-state index < -0.39 is 0 Å². The van der Waals surface area contributed by atoms with E-state index in [9.17, 15) is 9.59 Å². The molecule has 0 radical (unpaired) electrons. The van der Waals surface area contributed by atoms with E-state index in [1.165, 1.54) is 0 Å². The number of hydrogen-bond acceptors (Lipinski definition) is 3. The average Bonchev–Trinajstić information content (AvgIpc) is 3.69. The minimum absolute atomic E-state index is 0.113. The highest BCUT2D eigenvalue weighted by Gasteiger charge is 2.39. The molecule has 1 saturated heterocycles. The maximum Gasteiger partial charge on any atom is 0.280 e. The van der Waals surface area contributed by atoms with Crippen molar-refractivity contribution >= 4 is 40.7 Å². The van der Waals surface area contributed by atoms with Crippen molar-refractivity contribution in [2.75, 3.05) is 18.4 Å². The molecule has 5 rings (SSSR count). The van der Waals surface area contributed by atoms with Crippen LogP contribution in [-0.2, 0) is 0 Å². The fraction of sp³-hybridized carbons (Fsp3) is 0.375. The molecule has 2 aliphatic carbocycles. The summed E-state index contributed by atoms with van der Waals surface area (Å²) in [7, 11) is 0. The number of aliphatic imine (C=N–C) groups is 1. The molecule has 3 fully saturated rings. The van der Waals surface area contributed by atoms with Crippen molar-refractivity contribution in [1.82, 2.24) is 16.0 Å². The van der Waals surface area contributed by atoms with Crippen molar-refractivity contribution < 1.29 is 9.59 Å². The van der Waals surface area contributed by atoms with Crippen LogP contribution in [0.2, 0.25) is 5.02 Å². The highest BCUT2D eigenvalue weighted by Crippen LogP contribution is 2.45. The minimum atomic E-state index is -0.277. The molecule has 1 heterocycles. The van der Waals surface area contributed by atoms with Gasteiger partial charge in [0.15, 0.2) is 5.96 Å². The maximum atomic E-state index is 12.7. The highest BCUT2D eigenvalue weighted by atomic mass is 35.5. The summed E-state index contributed by atoms with van der Waals surface area (Å²) >= 11 is 6.62. The lowest BCUT2D eigenvalue weighted by atomic mass is 10.0. The van der Waals surface area contributed by atoms with Crippen LogP contribution in [0.3, 0.4) is 0 Å². The predicted molar refractivity (Wildman–Crippen MR) is 126 cm³/mol. The molecule has 0 aromatic heterocycles. The Morgan fingerprint density at radius 2 is 1.84 bits per heavy atom. The van der Waals surface area contributed by atoms with Gasteiger partial charge in [-0.1, -0.05) is 17.7 Å². The Kier molecular flexibility index (Phi) is 5.29. The molecule has 0 unspecified atom stereocenters. The third kappa shape index (κ3) is 4.43. The Labute approximate surface area is 192 Å². The lowest BCUT2D eigenvalue weighted by Crippen LogP contribution is -2.34. The molecule has 7 nitrogen and oxygen atoms in total. The van der Waals surface area contributed by atoms with Gasteiger partial charge in [0.2, 0.25) is 0 Å². The Hall–Kier alpha value is -3.06. The summed E-state index contributed by atoms with van der Waals surface area (Å²) < 4.78 is 0. The number of carbonyl (C=O) groups is 2. The Morgan fingerprint density at radius 3 is 2.53 bits per heavy atom. The topological polar surface area (TPSA) is 94.6 Å². The molecule has 4 N–H and O–H groups in total. The second kappa shape index (κ2) is 8.13. The van der Waals surface area contributed by atoms with Gasteiger partial charge in [-0.2, -0.15) is 4.99 Å². The first-order valence-corrected chi connectivity index (χ1v) is 11.4. The molecule has 0 bridgehead atoms. The van der Waals surface area contributed by atoms with E-state index in [0.29, 0.717) is 33.7 Å². The summed E-state index contributed by atoms with van der Waals surface area (Å²) in [4.78, 5) is 29.4. The van der Waals surface area contributed by atoms with E-state index in [2.05, 4.69) is 26.3 Å². The second-order valence-electron chi connectivity index (χ2n) is 9.00. The lowest BCUT2D eigenvalue weighted by Gasteiger charge is -2.17. The van der Waals surface area contributed by atoms with Gasteiger partial charge in [-0.05, 0) is 74.4 Å². The first-order chi connectivity index (χ1) is 15.4. The van der Waals surface area contributed by atoms with Crippen LogP contribution in [-0.4, -0.2) is 36.4 Å². The van der Waals surface area contributed by atoms with Gasteiger partial charge in [0.05, 0.1) is 16.3 Å². The van der Waals surface area contributed by atoms with Crippen LogP contribution in [0.1, 0.15) is 64.8 Å². The quantitative estimate of drug-likeness (QED) is 0.533. The van der Waals surface area contributed by atoms with Crippen LogP contribution in [0, 0.1) is 0 Å². The Morgan fingerprint density at radius 1 is 1.09 bits per heavy atom. The van der Waals surface area contributed by atoms with E-state index >= 15 is 0 Å². The summed E-state index contributed by atoms with van der Waals surface area (Å²) in [5, 5.41) is 12.9. The Bertz CT molecular complexity index is 1110. The zero-order valence-corrected chi connectivity index (χ0v) is 18.7. The summed E-state index contributed by atoms with van der Waals surface area (Å²) in [5.41, 5.74) is 3.52. The molecule has 166 valence electrons. The maximum absolute atomic E-state index is 12.7. The monoisotopic (exact) mass is 451 g/mol. The number of benzene rings is 2. The van der Waals surface area contributed by atoms with Crippen molar-refractivity contribution in [2.45, 2.75) is 44.1 Å². The van der Waals surface area contributed by atoms with Gasteiger partial charge in [0.25, 0.3) is 11.8 Å². The molecule has 3 aliphatic rings. The largest absolute Gasteiger partial charge is 0.354 e. The molecule has 32 heavy (non-hydrogen) atoms. The molecule has 2 saturated carbocycles. The van der Waals surface area contributed by atoms with Crippen molar-refractivity contribution in [3.8, 4) is 0 Å². The summed E-state index contributed by atoms with van der Waals surface area (Å²) in [5.74, 6) is 0.490. The number of guanidine groups is 1. The fourth-order valence-corrected chi connectivity index (χ4v) is 4.07. The van der Waals surface area contributed by atoms with E-state index in [4.69, 9.17) is 11.6 Å². The molecule has 2 aromatic rings. The fourth-order valence-electron chi connectivity index (χ4n) is 3.81. The molecule has 0 atom stereocenters. The van der Waals surface area contributed by atoms with E-state index in [0.717, 1.165) is 50.0 Å². The van der Waals surface area contributed by atoms with Crippen LogP contribution in [0.15, 0.2) is 41.4 Å².